The van der Waals surface area contributed by atoms with Gasteiger partial charge in [-0.1, -0.05) is 6.42 Å². The average Bonchev–Trinajstić information content (AvgIpc) is 2.45. The monoisotopic (exact) mass is 280 g/mol. The molecule has 0 saturated carbocycles. The van der Waals surface area contributed by atoms with Gasteiger partial charge in [-0.05, 0) is 38.0 Å². The predicted octanol–water partition coefficient (Wildman–Crippen LogP) is 0.510. The molecule has 112 valence electrons. The number of amides is 1. The van der Waals surface area contributed by atoms with Crippen LogP contribution in [0.15, 0.2) is 0 Å². The number of aliphatic hydroxyl groups excluding tert-OH is 1. The number of carbonyl (C=O) groups is 1. The molecule has 4 aliphatic heterocycles. The Balaban J connectivity index is 1.70. The Morgan fingerprint density at radius 3 is 2.95 bits per heavy atom. The number of aliphatic hydroxyl groups is 2. The molecule has 5 unspecified atom stereocenters. The summed E-state index contributed by atoms with van der Waals surface area (Å²) in [5.41, 5.74) is -1.10. The van der Waals surface area contributed by atoms with Gasteiger partial charge in [-0.25, -0.2) is 0 Å². The molecule has 4 aliphatic rings. The Labute approximate surface area is 119 Å². The first-order chi connectivity index (χ1) is 9.61. The van der Waals surface area contributed by atoms with E-state index < -0.39 is 12.0 Å². The van der Waals surface area contributed by atoms with E-state index in [0.29, 0.717) is 31.3 Å². The van der Waals surface area contributed by atoms with E-state index in [1.807, 2.05) is 0 Å². The van der Waals surface area contributed by atoms with Crippen LogP contribution in [0.2, 0.25) is 0 Å². The highest BCUT2D eigenvalue weighted by atomic mass is 16.3. The maximum atomic E-state index is 12.2. The number of hydrogen-bond acceptors (Lipinski definition) is 4. The SMILES string of the molecule is O=C1CCCC2(O)C3CC(CN12)C1CCCCN1C3O. The topological polar surface area (TPSA) is 64.0 Å². The summed E-state index contributed by atoms with van der Waals surface area (Å²) in [5, 5.41) is 21.8. The molecule has 4 saturated heterocycles. The van der Waals surface area contributed by atoms with Crippen LogP contribution in [0.3, 0.4) is 0 Å². The molecule has 4 rings (SSSR count). The maximum Gasteiger partial charge on any atom is 0.224 e. The van der Waals surface area contributed by atoms with Gasteiger partial charge in [0, 0.05) is 31.5 Å². The van der Waals surface area contributed by atoms with Crippen molar-refractivity contribution in [1.29, 1.82) is 0 Å². The van der Waals surface area contributed by atoms with Crippen molar-refractivity contribution in [2.45, 2.75) is 62.9 Å². The molecule has 5 atom stereocenters. The van der Waals surface area contributed by atoms with Crippen molar-refractivity contribution in [3.8, 4) is 0 Å². The Bertz CT molecular complexity index is 429. The van der Waals surface area contributed by atoms with Crippen LogP contribution in [-0.4, -0.2) is 57.0 Å². The van der Waals surface area contributed by atoms with Crippen molar-refractivity contribution in [1.82, 2.24) is 9.80 Å². The van der Waals surface area contributed by atoms with Crippen molar-refractivity contribution in [3.05, 3.63) is 0 Å². The molecule has 0 spiro atoms. The van der Waals surface area contributed by atoms with Crippen LogP contribution in [-0.2, 0) is 4.79 Å². The van der Waals surface area contributed by atoms with E-state index in [0.717, 1.165) is 32.2 Å². The largest absolute Gasteiger partial charge is 0.378 e. The highest BCUT2D eigenvalue weighted by Crippen LogP contribution is 2.49. The third-order valence-electron chi connectivity index (χ3n) is 6.11. The van der Waals surface area contributed by atoms with Gasteiger partial charge < -0.3 is 15.1 Å². The molecule has 1 amide bonds. The number of rotatable bonds is 0. The molecule has 0 aromatic heterocycles. The van der Waals surface area contributed by atoms with Crippen LogP contribution < -0.4 is 0 Å². The average molecular weight is 280 g/mol. The first-order valence-electron chi connectivity index (χ1n) is 8.08. The molecular weight excluding hydrogens is 256 g/mol. The van der Waals surface area contributed by atoms with E-state index in [4.69, 9.17) is 0 Å². The Hall–Kier alpha value is -0.650. The van der Waals surface area contributed by atoms with Gasteiger partial charge in [0.15, 0.2) is 0 Å². The summed E-state index contributed by atoms with van der Waals surface area (Å²) in [7, 11) is 0. The lowest BCUT2D eigenvalue weighted by Crippen LogP contribution is -2.73. The van der Waals surface area contributed by atoms with E-state index in [2.05, 4.69) is 4.90 Å². The van der Waals surface area contributed by atoms with E-state index in [1.165, 1.54) is 6.42 Å². The molecule has 2 N–H and O–H groups in total. The second-order valence-electron chi connectivity index (χ2n) is 7.05. The van der Waals surface area contributed by atoms with E-state index in [1.54, 1.807) is 4.90 Å². The van der Waals surface area contributed by atoms with Crippen LogP contribution in [0.4, 0.5) is 0 Å². The van der Waals surface area contributed by atoms with Crippen molar-refractivity contribution >= 4 is 5.91 Å². The lowest BCUT2D eigenvalue weighted by molar-refractivity contribution is -0.269. The third-order valence-corrected chi connectivity index (χ3v) is 6.11. The second-order valence-corrected chi connectivity index (χ2v) is 7.05. The molecule has 4 heterocycles. The van der Waals surface area contributed by atoms with E-state index in [-0.39, 0.29) is 11.8 Å². The van der Waals surface area contributed by atoms with Gasteiger partial charge in [0.1, 0.15) is 12.0 Å². The second kappa shape index (κ2) is 4.42. The quantitative estimate of drug-likeness (QED) is 0.678. The zero-order valence-corrected chi connectivity index (χ0v) is 11.9. The highest BCUT2D eigenvalue weighted by molar-refractivity contribution is 5.78. The summed E-state index contributed by atoms with van der Waals surface area (Å²) in [6, 6.07) is 0.397. The summed E-state index contributed by atoms with van der Waals surface area (Å²) in [5.74, 6) is 0.302. The molecule has 5 heteroatoms. The third kappa shape index (κ3) is 1.63. The summed E-state index contributed by atoms with van der Waals surface area (Å²) in [6.07, 6.45) is 5.65. The smallest absolute Gasteiger partial charge is 0.224 e. The van der Waals surface area contributed by atoms with Gasteiger partial charge in [-0.2, -0.15) is 0 Å². The number of fused-ring (bicyclic) bond motifs is 6. The Kier molecular flexibility index (Phi) is 2.88. The Morgan fingerprint density at radius 2 is 2.10 bits per heavy atom. The van der Waals surface area contributed by atoms with Crippen LogP contribution in [0.25, 0.3) is 0 Å². The molecule has 20 heavy (non-hydrogen) atoms. The van der Waals surface area contributed by atoms with Crippen molar-refractivity contribution in [2.24, 2.45) is 11.8 Å². The van der Waals surface area contributed by atoms with Crippen molar-refractivity contribution < 1.29 is 15.0 Å². The number of hydrogen-bond donors (Lipinski definition) is 2. The fourth-order valence-electron chi connectivity index (χ4n) is 5.14. The van der Waals surface area contributed by atoms with Gasteiger partial charge in [-0.15, -0.1) is 0 Å². The molecule has 0 aliphatic carbocycles. The van der Waals surface area contributed by atoms with Gasteiger partial charge >= 0.3 is 0 Å². The minimum Gasteiger partial charge on any atom is -0.378 e. The zero-order chi connectivity index (χ0) is 13.9. The first kappa shape index (κ1) is 13.0. The van der Waals surface area contributed by atoms with Gasteiger partial charge in [0.2, 0.25) is 5.91 Å². The van der Waals surface area contributed by atoms with E-state index in [9.17, 15) is 15.0 Å². The van der Waals surface area contributed by atoms with Gasteiger partial charge in [-0.3, -0.25) is 9.69 Å². The fourth-order valence-corrected chi connectivity index (χ4v) is 5.14. The molecule has 0 radical (unpaired) electrons. The van der Waals surface area contributed by atoms with Crippen LogP contribution in [0, 0.1) is 11.8 Å². The van der Waals surface area contributed by atoms with Crippen LogP contribution >= 0.6 is 0 Å². The standard InChI is InChI=1S/C15H24N2O3/c18-13-5-3-6-15(20)11-8-10(9-17(13)15)12-4-1-2-7-16(12)14(11)19/h10-12,14,19-20H,1-9H2. The maximum absolute atomic E-state index is 12.2. The molecular formula is C15H24N2O3. The molecule has 2 bridgehead atoms. The first-order valence-corrected chi connectivity index (χ1v) is 8.08. The molecule has 4 fully saturated rings. The van der Waals surface area contributed by atoms with Gasteiger partial charge in [0.25, 0.3) is 0 Å². The van der Waals surface area contributed by atoms with Crippen molar-refractivity contribution in [2.75, 3.05) is 13.1 Å². The van der Waals surface area contributed by atoms with Crippen molar-refractivity contribution in [3.63, 3.8) is 0 Å². The van der Waals surface area contributed by atoms with Crippen LogP contribution in [0.1, 0.15) is 44.9 Å². The summed E-state index contributed by atoms with van der Waals surface area (Å²) in [4.78, 5) is 16.1. The lowest BCUT2D eigenvalue weighted by atomic mass is 9.68. The number of carbonyl (C=O) groups excluding carboxylic acids is 1. The van der Waals surface area contributed by atoms with E-state index >= 15 is 0 Å². The summed E-state index contributed by atoms with van der Waals surface area (Å²) < 4.78 is 0. The minimum atomic E-state index is -1.10. The normalized spacial score (nSPS) is 48.7. The molecule has 5 nitrogen and oxygen atoms in total. The highest BCUT2D eigenvalue weighted by Gasteiger charge is 2.59. The Morgan fingerprint density at radius 1 is 1.25 bits per heavy atom. The minimum absolute atomic E-state index is 0.0740. The fraction of sp³-hybridized carbons (Fsp3) is 0.933. The number of nitrogens with zero attached hydrogens (tertiary/aromatic N) is 2. The molecule has 0 aromatic carbocycles. The summed E-state index contributed by atoms with van der Waals surface area (Å²) >= 11 is 0. The lowest BCUT2D eigenvalue weighted by Gasteiger charge is -2.62. The molecule has 0 aromatic rings. The predicted molar refractivity (Wildman–Crippen MR) is 72.5 cm³/mol. The summed E-state index contributed by atoms with van der Waals surface area (Å²) in [6.45, 7) is 1.61. The number of piperidine rings is 4. The zero-order valence-electron chi connectivity index (χ0n) is 11.9. The van der Waals surface area contributed by atoms with Crippen LogP contribution in [0.5, 0.6) is 0 Å². The van der Waals surface area contributed by atoms with Gasteiger partial charge in [0.05, 0.1) is 0 Å².